The fourth-order valence-corrected chi connectivity index (χ4v) is 3.06. The van der Waals surface area contributed by atoms with Gasteiger partial charge in [-0.3, -0.25) is 4.98 Å². The molecule has 1 heterocycles. The lowest BCUT2D eigenvalue weighted by molar-refractivity contribution is 0.412. The Kier molecular flexibility index (Phi) is 5.75. The molecule has 0 spiro atoms. The van der Waals surface area contributed by atoms with Crippen LogP contribution >= 0.6 is 0 Å². The summed E-state index contributed by atoms with van der Waals surface area (Å²) in [5.41, 5.74) is 0.829. The van der Waals surface area contributed by atoms with E-state index in [0.29, 0.717) is 6.42 Å². The van der Waals surface area contributed by atoms with E-state index in [4.69, 9.17) is 5.26 Å². The van der Waals surface area contributed by atoms with E-state index in [0.717, 1.165) is 5.56 Å². The Morgan fingerprint density at radius 3 is 2.83 bits per heavy atom. The van der Waals surface area contributed by atoms with Gasteiger partial charge in [0.1, 0.15) is 0 Å². The number of rotatable bonds is 7. The topological polar surface area (TPSA) is 74.1 Å². The van der Waals surface area contributed by atoms with Crippen molar-refractivity contribution in [3.8, 4) is 6.07 Å². The van der Waals surface area contributed by atoms with Gasteiger partial charge < -0.3 is 0 Å². The number of pyridine rings is 1. The van der Waals surface area contributed by atoms with E-state index in [9.17, 15) is 8.42 Å². The highest BCUT2D eigenvalue weighted by molar-refractivity contribution is 7.89. The molecule has 0 amide bonds. The van der Waals surface area contributed by atoms with Crippen LogP contribution < -0.4 is 0 Å². The van der Waals surface area contributed by atoms with Crippen molar-refractivity contribution < 1.29 is 8.42 Å². The normalized spacial score (nSPS) is 11.4. The Bertz CT molecular complexity index is 494. The van der Waals surface area contributed by atoms with Crippen molar-refractivity contribution in [2.45, 2.75) is 26.3 Å². The summed E-state index contributed by atoms with van der Waals surface area (Å²) in [7, 11) is -3.29. The van der Waals surface area contributed by atoms with Crippen LogP contribution in [0.4, 0.5) is 0 Å². The van der Waals surface area contributed by atoms with Gasteiger partial charge in [0, 0.05) is 31.9 Å². The van der Waals surface area contributed by atoms with E-state index in [1.54, 1.807) is 18.5 Å². The van der Waals surface area contributed by atoms with Gasteiger partial charge in [0.25, 0.3) is 0 Å². The summed E-state index contributed by atoms with van der Waals surface area (Å²) in [4.78, 5) is 3.96. The fraction of sp³-hybridized carbons (Fsp3) is 0.500. The van der Waals surface area contributed by atoms with Crippen molar-refractivity contribution >= 4 is 10.0 Å². The summed E-state index contributed by atoms with van der Waals surface area (Å²) in [6.07, 6.45) is 4.05. The zero-order chi connectivity index (χ0) is 13.4. The van der Waals surface area contributed by atoms with Gasteiger partial charge in [-0.1, -0.05) is 13.0 Å². The van der Waals surface area contributed by atoms with Gasteiger partial charge in [0.05, 0.1) is 11.8 Å². The average Bonchev–Trinajstić information content (AvgIpc) is 2.35. The van der Waals surface area contributed by atoms with Crippen molar-refractivity contribution in [1.82, 2.24) is 9.29 Å². The first kappa shape index (κ1) is 14.6. The molecule has 98 valence electrons. The fourth-order valence-electron chi connectivity index (χ4n) is 1.57. The molecule has 0 saturated carbocycles. The molecule has 0 unspecified atom stereocenters. The first-order valence-corrected chi connectivity index (χ1v) is 7.44. The van der Waals surface area contributed by atoms with Crippen LogP contribution in [0, 0.1) is 11.3 Å². The number of hydrogen-bond donors (Lipinski definition) is 0. The van der Waals surface area contributed by atoms with E-state index in [1.807, 2.05) is 19.1 Å². The predicted molar refractivity (Wildman–Crippen MR) is 69.0 cm³/mol. The third-order valence-electron chi connectivity index (χ3n) is 2.41. The Hall–Kier alpha value is -1.45. The molecule has 0 atom stereocenters. The second-order valence-electron chi connectivity index (χ2n) is 3.92. The van der Waals surface area contributed by atoms with Crippen LogP contribution in [0.1, 0.15) is 25.3 Å². The first-order valence-electron chi connectivity index (χ1n) is 5.84. The van der Waals surface area contributed by atoms with Gasteiger partial charge in [-0.15, -0.1) is 0 Å². The van der Waals surface area contributed by atoms with Crippen LogP contribution in [-0.4, -0.2) is 30.0 Å². The molecule has 6 heteroatoms. The lowest BCUT2D eigenvalue weighted by Crippen LogP contribution is -2.33. The molecule has 0 aromatic carbocycles. The Morgan fingerprint density at radius 1 is 1.50 bits per heavy atom. The van der Waals surface area contributed by atoms with Crippen LogP contribution in [-0.2, 0) is 16.6 Å². The summed E-state index contributed by atoms with van der Waals surface area (Å²) < 4.78 is 25.4. The van der Waals surface area contributed by atoms with Crippen molar-refractivity contribution in [3.63, 3.8) is 0 Å². The average molecular weight is 267 g/mol. The number of nitrogens with zero attached hydrogens (tertiary/aromatic N) is 3. The number of nitriles is 1. The minimum Gasteiger partial charge on any atom is -0.264 e. The molecule has 0 saturated heterocycles. The largest absolute Gasteiger partial charge is 0.264 e. The summed E-state index contributed by atoms with van der Waals surface area (Å²) in [5, 5.41) is 8.59. The first-order chi connectivity index (χ1) is 8.60. The molecule has 0 N–H and O–H groups in total. The van der Waals surface area contributed by atoms with Crippen molar-refractivity contribution in [3.05, 3.63) is 30.1 Å². The molecule has 1 aromatic rings. The van der Waals surface area contributed by atoms with Gasteiger partial charge >= 0.3 is 0 Å². The van der Waals surface area contributed by atoms with Crippen molar-refractivity contribution in [1.29, 1.82) is 5.26 Å². The van der Waals surface area contributed by atoms with Gasteiger partial charge in [0.15, 0.2) is 0 Å². The highest BCUT2D eigenvalue weighted by Crippen LogP contribution is 2.10. The van der Waals surface area contributed by atoms with Crippen LogP contribution in [0.2, 0.25) is 0 Å². The third-order valence-corrected chi connectivity index (χ3v) is 4.43. The van der Waals surface area contributed by atoms with Gasteiger partial charge in [0.2, 0.25) is 10.0 Å². The molecule has 0 radical (unpaired) electrons. The monoisotopic (exact) mass is 267 g/mol. The highest BCUT2D eigenvalue weighted by Gasteiger charge is 2.20. The molecule has 0 aliphatic heterocycles. The van der Waals surface area contributed by atoms with Gasteiger partial charge in [-0.25, -0.2) is 8.42 Å². The van der Waals surface area contributed by atoms with Gasteiger partial charge in [-0.2, -0.15) is 9.57 Å². The predicted octanol–water partition coefficient (Wildman–Crippen LogP) is 1.54. The zero-order valence-corrected chi connectivity index (χ0v) is 11.2. The quantitative estimate of drug-likeness (QED) is 0.751. The van der Waals surface area contributed by atoms with E-state index >= 15 is 0 Å². The lowest BCUT2D eigenvalue weighted by Gasteiger charge is -2.20. The summed E-state index contributed by atoms with van der Waals surface area (Å²) in [6.45, 7) is 2.33. The maximum absolute atomic E-state index is 12.0. The number of aromatic nitrogens is 1. The molecule has 0 fully saturated rings. The molecular weight excluding hydrogens is 250 g/mol. The molecule has 0 aliphatic carbocycles. The highest BCUT2D eigenvalue weighted by atomic mass is 32.2. The number of hydrogen-bond acceptors (Lipinski definition) is 4. The molecular formula is C12H17N3O2S. The standard InChI is InChI=1S/C12H17N3O2S/c1-2-9-18(16,17)15(8-4-6-13)11-12-5-3-7-14-10-12/h3,5,7,10H,2,4,8-9,11H2,1H3. The Balaban J connectivity index is 2.83. The van der Waals surface area contributed by atoms with Crippen LogP contribution in [0.5, 0.6) is 0 Å². The smallest absolute Gasteiger partial charge is 0.214 e. The van der Waals surface area contributed by atoms with E-state index in [1.165, 1.54) is 4.31 Å². The van der Waals surface area contributed by atoms with Crippen LogP contribution in [0.25, 0.3) is 0 Å². The SMILES string of the molecule is CCCS(=O)(=O)N(CCC#N)Cc1cccnc1. The van der Waals surface area contributed by atoms with E-state index < -0.39 is 10.0 Å². The second kappa shape index (κ2) is 7.09. The van der Waals surface area contributed by atoms with Gasteiger partial charge in [-0.05, 0) is 18.1 Å². The van der Waals surface area contributed by atoms with Crippen molar-refractivity contribution in [2.24, 2.45) is 0 Å². The Morgan fingerprint density at radius 2 is 2.28 bits per heavy atom. The van der Waals surface area contributed by atoms with Crippen LogP contribution in [0.3, 0.4) is 0 Å². The lowest BCUT2D eigenvalue weighted by atomic mass is 10.3. The zero-order valence-electron chi connectivity index (χ0n) is 10.4. The molecule has 0 aliphatic rings. The van der Waals surface area contributed by atoms with Crippen LogP contribution in [0.15, 0.2) is 24.5 Å². The van der Waals surface area contributed by atoms with Crippen molar-refractivity contribution in [2.75, 3.05) is 12.3 Å². The third kappa shape index (κ3) is 4.43. The Labute approximate surface area is 108 Å². The maximum atomic E-state index is 12.0. The minimum atomic E-state index is -3.29. The van der Waals surface area contributed by atoms with E-state index in [2.05, 4.69) is 4.98 Å². The molecule has 5 nitrogen and oxygen atoms in total. The summed E-state index contributed by atoms with van der Waals surface area (Å²) in [5.74, 6) is 0.110. The molecule has 0 bridgehead atoms. The number of sulfonamides is 1. The summed E-state index contributed by atoms with van der Waals surface area (Å²) >= 11 is 0. The molecule has 1 rings (SSSR count). The molecule has 18 heavy (non-hydrogen) atoms. The molecule has 1 aromatic heterocycles. The maximum Gasteiger partial charge on any atom is 0.214 e. The van der Waals surface area contributed by atoms with E-state index in [-0.39, 0.29) is 25.3 Å². The minimum absolute atomic E-state index is 0.110. The second-order valence-corrected chi connectivity index (χ2v) is 6.01. The summed E-state index contributed by atoms with van der Waals surface area (Å²) in [6, 6.07) is 5.57.